The highest BCUT2D eigenvalue weighted by Crippen LogP contribution is 2.27. The average molecular weight is 381 g/mol. The largest absolute Gasteiger partial charge is 0.481 e. The number of aromatic amines is 2. The summed E-state index contributed by atoms with van der Waals surface area (Å²) in [6.45, 7) is 0. The van der Waals surface area contributed by atoms with Gasteiger partial charge in [0.25, 0.3) is 5.56 Å². The first-order valence-corrected chi connectivity index (χ1v) is 8.50. The Morgan fingerprint density at radius 3 is 2.56 bits per heavy atom. The molecular weight excluding hydrogens is 368 g/mol. The third-order valence-corrected chi connectivity index (χ3v) is 4.66. The van der Waals surface area contributed by atoms with E-state index in [9.17, 15) is 19.5 Å². The van der Waals surface area contributed by atoms with Crippen molar-refractivity contribution in [2.45, 2.75) is 6.42 Å². The molecule has 0 saturated heterocycles. The van der Waals surface area contributed by atoms with Crippen molar-refractivity contribution < 1.29 is 14.7 Å². The van der Waals surface area contributed by atoms with Crippen LogP contribution in [0.25, 0.3) is 21.7 Å². The lowest BCUT2D eigenvalue weighted by atomic mass is 10.0. The Balaban J connectivity index is 1.92. The molecule has 4 rings (SSSR count). The minimum atomic E-state index is -1.06. The summed E-state index contributed by atoms with van der Waals surface area (Å²) < 4.78 is 0. The molecule has 4 aromatic rings. The lowest BCUT2D eigenvalue weighted by Gasteiger charge is -2.04. The molecule has 2 heterocycles. The van der Waals surface area contributed by atoms with Crippen LogP contribution in [0, 0.1) is 0 Å². The summed E-state index contributed by atoms with van der Waals surface area (Å²) in [6, 6.07) is 13.4. The molecule has 3 N–H and O–H groups in total. The minimum Gasteiger partial charge on any atom is -0.481 e. The predicted octanol–water partition coefficient (Wildman–Crippen LogP) is 3.52. The number of carboxylic acids is 1. The molecule has 0 atom stereocenters. The van der Waals surface area contributed by atoms with Gasteiger partial charge >= 0.3 is 5.97 Å². The molecule has 0 aliphatic carbocycles. The van der Waals surface area contributed by atoms with Crippen LogP contribution in [0.3, 0.4) is 0 Å². The Morgan fingerprint density at radius 1 is 1.00 bits per heavy atom. The van der Waals surface area contributed by atoms with Crippen molar-refractivity contribution in [1.29, 1.82) is 0 Å². The zero-order valence-corrected chi connectivity index (χ0v) is 14.6. The number of hydrogen-bond donors (Lipinski definition) is 3. The molecule has 2 aromatic heterocycles. The maximum atomic E-state index is 13.1. The number of aliphatic carboxylic acids is 1. The van der Waals surface area contributed by atoms with Gasteiger partial charge in [-0.15, -0.1) is 0 Å². The highest BCUT2D eigenvalue weighted by Gasteiger charge is 2.22. The molecule has 0 bridgehead atoms. The highest BCUT2D eigenvalue weighted by molar-refractivity contribution is 6.31. The average Bonchev–Trinajstić information content (AvgIpc) is 2.98. The van der Waals surface area contributed by atoms with E-state index in [1.807, 2.05) is 0 Å². The molecule has 134 valence electrons. The molecule has 0 unspecified atom stereocenters. The Hall–Kier alpha value is -3.38. The lowest BCUT2D eigenvalue weighted by Crippen LogP contribution is -2.16. The second-order valence-electron chi connectivity index (χ2n) is 6.17. The summed E-state index contributed by atoms with van der Waals surface area (Å²) in [5.41, 5.74) is 0.748. The fourth-order valence-corrected chi connectivity index (χ4v) is 3.40. The molecular formula is C20H13ClN2O4. The zero-order valence-electron chi connectivity index (χ0n) is 13.9. The molecule has 0 saturated carbocycles. The van der Waals surface area contributed by atoms with Gasteiger partial charge in [0.15, 0.2) is 0 Å². The van der Waals surface area contributed by atoms with Gasteiger partial charge < -0.3 is 15.1 Å². The van der Waals surface area contributed by atoms with Crippen LogP contribution >= 0.6 is 11.6 Å². The van der Waals surface area contributed by atoms with E-state index in [1.165, 1.54) is 0 Å². The van der Waals surface area contributed by atoms with E-state index in [2.05, 4.69) is 9.97 Å². The quantitative estimate of drug-likeness (QED) is 0.471. The Labute approximate surface area is 157 Å². The number of ketones is 1. The van der Waals surface area contributed by atoms with Gasteiger partial charge in [-0.1, -0.05) is 35.9 Å². The first-order valence-electron chi connectivity index (χ1n) is 8.12. The van der Waals surface area contributed by atoms with Gasteiger partial charge in [-0.05, 0) is 29.7 Å². The first kappa shape index (κ1) is 17.1. The van der Waals surface area contributed by atoms with E-state index in [0.717, 1.165) is 0 Å². The second kappa shape index (κ2) is 6.41. The van der Waals surface area contributed by atoms with Crippen LogP contribution in [0.4, 0.5) is 0 Å². The Bertz CT molecular complexity index is 1290. The predicted molar refractivity (Wildman–Crippen MR) is 103 cm³/mol. The summed E-state index contributed by atoms with van der Waals surface area (Å²) in [5.74, 6) is -1.55. The molecule has 7 heteroatoms. The smallest absolute Gasteiger partial charge is 0.307 e. The van der Waals surface area contributed by atoms with E-state index < -0.39 is 11.8 Å². The van der Waals surface area contributed by atoms with Crippen molar-refractivity contribution in [3.8, 4) is 0 Å². The fraction of sp³-hybridized carbons (Fsp3) is 0.0500. The lowest BCUT2D eigenvalue weighted by molar-refractivity contribution is -0.136. The van der Waals surface area contributed by atoms with Gasteiger partial charge in [-0.3, -0.25) is 14.4 Å². The Kier molecular flexibility index (Phi) is 4.05. The van der Waals surface area contributed by atoms with Crippen molar-refractivity contribution in [1.82, 2.24) is 9.97 Å². The second-order valence-corrected chi connectivity index (χ2v) is 6.60. The Morgan fingerprint density at radius 2 is 1.78 bits per heavy atom. The molecule has 0 radical (unpaired) electrons. The number of carbonyl (C=O) groups excluding carboxylic acids is 1. The number of nitrogens with one attached hydrogen (secondary N) is 2. The number of fused-ring (bicyclic) bond motifs is 2. The summed E-state index contributed by atoms with van der Waals surface area (Å²) in [5, 5.41) is 11.4. The first-order chi connectivity index (χ1) is 12.9. The molecule has 0 fully saturated rings. The summed E-state index contributed by atoms with van der Waals surface area (Å²) in [7, 11) is 0. The van der Waals surface area contributed by atoms with Crippen molar-refractivity contribution in [2.75, 3.05) is 0 Å². The van der Waals surface area contributed by atoms with Crippen LogP contribution in [0.1, 0.15) is 21.7 Å². The minimum absolute atomic E-state index is 0.0861. The number of aromatic nitrogens is 2. The molecule has 0 aliphatic heterocycles. The normalized spacial score (nSPS) is 11.1. The number of rotatable bonds is 4. The van der Waals surface area contributed by atoms with Crippen LogP contribution in [-0.4, -0.2) is 26.8 Å². The zero-order chi connectivity index (χ0) is 19.1. The number of H-pyrrole nitrogens is 2. The third-order valence-electron chi connectivity index (χ3n) is 4.42. The summed E-state index contributed by atoms with van der Waals surface area (Å²) >= 11 is 6.00. The molecule has 0 aliphatic rings. The van der Waals surface area contributed by atoms with Gasteiger partial charge in [0, 0.05) is 26.9 Å². The number of pyridine rings is 1. The van der Waals surface area contributed by atoms with E-state index >= 15 is 0 Å². The SMILES string of the molecule is O=C(O)Cc1c(C(=O)c2cc3ccccc3c(=O)[nH]2)[nH]c2cc(Cl)ccc12. The van der Waals surface area contributed by atoms with Gasteiger partial charge in [-0.2, -0.15) is 0 Å². The van der Waals surface area contributed by atoms with Crippen molar-refractivity contribution in [2.24, 2.45) is 0 Å². The van der Waals surface area contributed by atoms with Gasteiger partial charge in [0.05, 0.1) is 17.8 Å². The van der Waals surface area contributed by atoms with Crippen molar-refractivity contribution >= 4 is 45.0 Å². The summed E-state index contributed by atoms with van der Waals surface area (Å²) in [4.78, 5) is 42.2. The number of carboxylic acid groups (broad SMARTS) is 1. The van der Waals surface area contributed by atoms with Crippen LogP contribution < -0.4 is 5.56 Å². The maximum Gasteiger partial charge on any atom is 0.307 e. The summed E-state index contributed by atoms with van der Waals surface area (Å²) in [6.07, 6.45) is -0.333. The fourth-order valence-electron chi connectivity index (χ4n) is 3.22. The van der Waals surface area contributed by atoms with E-state index in [-0.39, 0.29) is 23.4 Å². The highest BCUT2D eigenvalue weighted by atomic mass is 35.5. The van der Waals surface area contributed by atoms with Crippen LogP contribution in [0.2, 0.25) is 5.02 Å². The van der Waals surface area contributed by atoms with Crippen molar-refractivity contribution in [3.05, 3.63) is 80.9 Å². The topological polar surface area (TPSA) is 103 Å². The van der Waals surface area contributed by atoms with Crippen LogP contribution in [0.15, 0.2) is 53.3 Å². The standard InChI is InChI=1S/C20H13ClN2O4/c21-11-5-6-13-14(9-17(24)25)18(22-15(13)8-11)19(26)16-7-10-3-1-2-4-12(10)20(27)23-16/h1-8,22H,9H2,(H,23,27)(H,24,25). The number of hydrogen-bond acceptors (Lipinski definition) is 3. The molecule has 0 amide bonds. The van der Waals surface area contributed by atoms with E-state index in [1.54, 1.807) is 48.5 Å². The number of halogens is 1. The van der Waals surface area contributed by atoms with Crippen molar-refractivity contribution in [3.63, 3.8) is 0 Å². The van der Waals surface area contributed by atoms with Gasteiger partial charge in [-0.25, -0.2) is 0 Å². The van der Waals surface area contributed by atoms with Gasteiger partial charge in [0.1, 0.15) is 0 Å². The van der Waals surface area contributed by atoms with E-state index in [4.69, 9.17) is 11.6 Å². The monoisotopic (exact) mass is 380 g/mol. The maximum absolute atomic E-state index is 13.1. The van der Waals surface area contributed by atoms with Crippen LogP contribution in [-0.2, 0) is 11.2 Å². The molecule has 6 nitrogen and oxygen atoms in total. The molecule has 2 aromatic carbocycles. The van der Waals surface area contributed by atoms with E-state index in [0.29, 0.717) is 32.3 Å². The van der Waals surface area contributed by atoms with Crippen LogP contribution in [0.5, 0.6) is 0 Å². The van der Waals surface area contributed by atoms with Gasteiger partial charge in [0.2, 0.25) is 5.78 Å². The molecule has 0 spiro atoms. The molecule has 27 heavy (non-hydrogen) atoms. The number of benzene rings is 2. The number of carbonyl (C=O) groups is 2. The third kappa shape index (κ3) is 3.00.